The summed E-state index contributed by atoms with van der Waals surface area (Å²) in [4.78, 5) is 12.3. The molecule has 0 fully saturated rings. The molecular formula is C15H19N3O4S. The monoisotopic (exact) mass is 337 g/mol. The van der Waals surface area contributed by atoms with Crippen LogP contribution < -0.4 is 5.32 Å². The number of hydrogen-bond donors (Lipinski definition) is 1. The van der Waals surface area contributed by atoms with Crippen molar-refractivity contribution in [1.82, 2.24) is 9.46 Å². The largest absolute Gasteiger partial charge is 0.360 e. The summed E-state index contributed by atoms with van der Waals surface area (Å²) in [5.41, 5.74) is 0.233. The van der Waals surface area contributed by atoms with Crippen molar-refractivity contribution in [3.05, 3.63) is 41.7 Å². The number of benzene rings is 1. The number of nitrogens with zero attached hydrogens (tertiary/aromatic N) is 2. The second-order valence-corrected chi connectivity index (χ2v) is 7.18. The van der Waals surface area contributed by atoms with Gasteiger partial charge in [0.1, 0.15) is 5.76 Å². The van der Waals surface area contributed by atoms with Gasteiger partial charge in [0.25, 0.3) is 5.91 Å². The van der Waals surface area contributed by atoms with E-state index in [1.54, 1.807) is 19.1 Å². The van der Waals surface area contributed by atoms with Gasteiger partial charge in [-0.3, -0.25) is 4.79 Å². The Morgan fingerprint density at radius 1 is 1.35 bits per heavy atom. The lowest BCUT2D eigenvalue weighted by atomic mass is 10.2. The number of hydrogen-bond acceptors (Lipinski definition) is 5. The van der Waals surface area contributed by atoms with E-state index in [1.807, 2.05) is 6.92 Å². The van der Waals surface area contributed by atoms with E-state index in [-0.39, 0.29) is 16.3 Å². The predicted octanol–water partition coefficient (Wildman–Crippen LogP) is 2.27. The highest BCUT2D eigenvalue weighted by molar-refractivity contribution is 7.89. The molecule has 7 nitrogen and oxygen atoms in total. The van der Waals surface area contributed by atoms with Crippen LogP contribution in [0, 0.1) is 6.92 Å². The van der Waals surface area contributed by atoms with Gasteiger partial charge in [-0.25, -0.2) is 12.7 Å². The summed E-state index contributed by atoms with van der Waals surface area (Å²) in [5, 5.41) is 6.23. The van der Waals surface area contributed by atoms with Crippen molar-refractivity contribution in [1.29, 1.82) is 0 Å². The zero-order valence-electron chi connectivity index (χ0n) is 13.2. The lowest BCUT2D eigenvalue weighted by Gasteiger charge is -2.16. The molecular weight excluding hydrogens is 318 g/mol. The minimum absolute atomic E-state index is 0.0810. The number of anilines is 1. The molecule has 2 aromatic rings. The molecule has 1 amide bonds. The standard InChI is InChI=1S/C15H19N3O4S/c1-4-8-18(3)23(20,21)13-7-5-6-12(10-13)15(19)16-14-9-11(2)22-17-14/h5-7,9-10H,4,8H2,1-3H3,(H,16,17,19). The highest BCUT2D eigenvalue weighted by Crippen LogP contribution is 2.17. The molecule has 8 heteroatoms. The molecule has 0 aliphatic rings. The molecule has 0 atom stereocenters. The molecule has 0 saturated heterocycles. The molecule has 1 aromatic heterocycles. The topological polar surface area (TPSA) is 92.5 Å². The van der Waals surface area contributed by atoms with Crippen molar-refractivity contribution in [2.75, 3.05) is 18.9 Å². The summed E-state index contributed by atoms with van der Waals surface area (Å²) in [6.07, 6.45) is 0.710. The predicted molar refractivity (Wildman–Crippen MR) is 85.7 cm³/mol. The number of aromatic nitrogens is 1. The summed E-state index contributed by atoms with van der Waals surface area (Å²) in [5.74, 6) is 0.398. The fourth-order valence-electron chi connectivity index (χ4n) is 2.03. The Morgan fingerprint density at radius 2 is 2.09 bits per heavy atom. The average molecular weight is 337 g/mol. The Kier molecular flexibility index (Phi) is 5.17. The number of rotatable bonds is 6. The molecule has 0 spiro atoms. The number of carbonyl (C=O) groups is 1. The van der Waals surface area contributed by atoms with Crippen molar-refractivity contribution in [2.45, 2.75) is 25.2 Å². The maximum absolute atomic E-state index is 12.4. The van der Waals surface area contributed by atoms with E-state index in [0.717, 1.165) is 0 Å². The SMILES string of the molecule is CCCN(C)S(=O)(=O)c1cccc(C(=O)Nc2cc(C)on2)c1. The van der Waals surface area contributed by atoms with Gasteiger partial charge in [0.2, 0.25) is 10.0 Å². The van der Waals surface area contributed by atoms with Crippen molar-refractivity contribution >= 4 is 21.7 Å². The normalized spacial score (nSPS) is 11.7. The highest BCUT2D eigenvalue weighted by Gasteiger charge is 2.21. The van der Waals surface area contributed by atoms with Crippen LogP contribution in [0.4, 0.5) is 5.82 Å². The van der Waals surface area contributed by atoms with Gasteiger partial charge >= 0.3 is 0 Å². The summed E-state index contributed by atoms with van der Waals surface area (Å²) in [6, 6.07) is 7.48. The van der Waals surface area contributed by atoms with Crippen LogP contribution >= 0.6 is 0 Å². The van der Waals surface area contributed by atoms with Crippen LogP contribution in [-0.2, 0) is 10.0 Å². The average Bonchev–Trinajstić information content (AvgIpc) is 2.92. The van der Waals surface area contributed by atoms with Crippen LogP contribution in [0.2, 0.25) is 0 Å². The molecule has 2 rings (SSSR count). The quantitative estimate of drug-likeness (QED) is 0.873. The van der Waals surface area contributed by atoms with Gasteiger partial charge in [-0.2, -0.15) is 0 Å². The fourth-order valence-corrected chi connectivity index (χ4v) is 3.34. The van der Waals surface area contributed by atoms with Crippen molar-refractivity contribution < 1.29 is 17.7 Å². The maximum atomic E-state index is 12.4. The highest BCUT2D eigenvalue weighted by atomic mass is 32.2. The smallest absolute Gasteiger partial charge is 0.256 e. The van der Waals surface area contributed by atoms with Crippen LogP contribution in [0.25, 0.3) is 0 Å². The first kappa shape index (κ1) is 17.2. The van der Waals surface area contributed by atoms with Gasteiger partial charge in [-0.05, 0) is 31.5 Å². The van der Waals surface area contributed by atoms with Crippen LogP contribution in [0.1, 0.15) is 29.5 Å². The molecule has 0 aliphatic heterocycles. The molecule has 1 N–H and O–H groups in total. The van der Waals surface area contributed by atoms with E-state index in [4.69, 9.17) is 4.52 Å². The molecule has 23 heavy (non-hydrogen) atoms. The zero-order valence-corrected chi connectivity index (χ0v) is 14.1. The van der Waals surface area contributed by atoms with Gasteiger partial charge < -0.3 is 9.84 Å². The van der Waals surface area contributed by atoms with Crippen LogP contribution in [0.3, 0.4) is 0 Å². The van der Waals surface area contributed by atoms with Gasteiger partial charge in [-0.1, -0.05) is 18.1 Å². The van der Waals surface area contributed by atoms with Gasteiger partial charge in [0.15, 0.2) is 5.82 Å². The number of amides is 1. The number of carbonyl (C=O) groups excluding carboxylic acids is 1. The lowest BCUT2D eigenvalue weighted by molar-refractivity contribution is 0.102. The zero-order chi connectivity index (χ0) is 17.0. The van der Waals surface area contributed by atoms with E-state index >= 15 is 0 Å². The lowest BCUT2D eigenvalue weighted by Crippen LogP contribution is -2.27. The Bertz CT molecular complexity index is 799. The van der Waals surface area contributed by atoms with Crippen molar-refractivity contribution in [3.8, 4) is 0 Å². The second kappa shape index (κ2) is 6.93. The van der Waals surface area contributed by atoms with Crippen molar-refractivity contribution in [2.24, 2.45) is 0 Å². The van der Waals surface area contributed by atoms with Crippen molar-refractivity contribution in [3.63, 3.8) is 0 Å². The summed E-state index contributed by atoms with van der Waals surface area (Å²) < 4.78 is 31.0. The minimum atomic E-state index is -3.61. The van der Waals surface area contributed by atoms with Crippen LogP contribution in [0.5, 0.6) is 0 Å². The first-order valence-electron chi connectivity index (χ1n) is 7.15. The molecule has 0 radical (unpaired) electrons. The molecule has 124 valence electrons. The van der Waals surface area contributed by atoms with E-state index in [9.17, 15) is 13.2 Å². The minimum Gasteiger partial charge on any atom is -0.360 e. The second-order valence-electron chi connectivity index (χ2n) is 5.13. The molecule has 0 bridgehead atoms. The summed E-state index contributed by atoms with van der Waals surface area (Å²) in [7, 11) is -2.09. The molecule has 1 heterocycles. The fraction of sp³-hybridized carbons (Fsp3) is 0.333. The molecule has 0 saturated carbocycles. The Labute approximate surface area is 135 Å². The van der Waals surface area contributed by atoms with E-state index < -0.39 is 15.9 Å². The Hall–Kier alpha value is -2.19. The first-order chi connectivity index (χ1) is 10.8. The maximum Gasteiger partial charge on any atom is 0.256 e. The van der Waals surface area contributed by atoms with E-state index in [2.05, 4.69) is 10.5 Å². The van der Waals surface area contributed by atoms with E-state index in [1.165, 1.54) is 29.6 Å². The molecule has 1 aromatic carbocycles. The third kappa shape index (κ3) is 3.96. The third-order valence-corrected chi connectivity index (χ3v) is 5.07. The van der Waals surface area contributed by atoms with Crippen LogP contribution in [-0.4, -0.2) is 37.4 Å². The number of nitrogens with one attached hydrogen (secondary N) is 1. The van der Waals surface area contributed by atoms with Crippen LogP contribution in [0.15, 0.2) is 39.8 Å². The van der Waals surface area contributed by atoms with E-state index in [0.29, 0.717) is 18.7 Å². The number of aryl methyl sites for hydroxylation is 1. The van der Waals surface area contributed by atoms with Gasteiger partial charge in [-0.15, -0.1) is 0 Å². The number of sulfonamides is 1. The first-order valence-corrected chi connectivity index (χ1v) is 8.59. The Balaban J connectivity index is 2.24. The molecule has 0 aliphatic carbocycles. The van der Waals surface area contributed by atoms with Gasteiger partial charge in [0.05, 0.1) is 4.90 Å². The Morgan fingerprint density at radius 3 is 2.70 bits per heavy atom. The third-order valence-electron chi connectivity index (χ3n) is 3.21. The van der Waals surface area contributed by atoms with Gasteiger partial charge in [0, 0.05) is 25.2 Å². The molecule has 0 unspecified atom stereocenters. The summed E-state index contributed by atoms with van der Waals surface area (Å²) >= 11 is 0. The summed E-state index contributed by atoms with van der Waals surface area (Å²) in [6.45, 7) is 4.02.